The maximum absolute atomic E-state index is 12.5. The van der Waals surface area contributed by atoms with E-state index in [2.05, 4.69) is 6.92 Å². The topological polar surface area (TPSA) is 0 Å². The third-order valence-corrected chi connectivity index (χ3v) is 2.00. The Labute approximate surface area is 81.8 Å². The van der Waals surface area contributed by atoms with E-state index in [4.69, 9.17) is 0 Å². The Morgan fingerprint density at radius 1 is 1.29 bits per heavy atom. The summed E-state index contributed by atoms with van der Waals surface area (Å²) in [7, 11) is 0. The highest BCUT2D eigenvalue weighted by atomic mass is 19.4. The molecule has 0 N–H and O–H groups in total. The van der Waals surface area contributed by atoms with Gasteiger partial charge in [0.1, 0.15) is 0 Å². The first-order valence-corrected chi connectivity index (χ1v) is 4.47. The normalized spacial score (nSPS) is 11.8. The summed E-state index contributed by atoms with van der Waals surface area (Å²) in [4.78, 5) is 0. The predicted molar refractivity (Wildman–Crippen MR) is 49.9 cm³/mol. The van der Waals surface area contributed by atoms with Crippen LogP contribution in [-0.4, -0.2) is 0 Å². The molecule has 3 heteroatoms. The summed E-state index contributed by atoms with van der Waals surface area (Å²) in [6, 6.07) is 4.22. The fourth-order valence-corrected chi connectivity index (χ4v) is 1.37. The average molecular weight is 201 g/mol. The molecular weight excluding hydrogens is 189 g/mol. The number of halogens is 3. The van der Waals surface area contributed by atoms with Gasteiger partial charge in [-0.3, -0.25) is 0 Å². The zero-order chi connectivity index (χ0) is 10.8. The summed E-state index contributed by atoms with van der Waals surface area (Å²) >= 11 is 0. The van der Waals surface area contributed by atoms with E-state index in [0.29, 0.717) is 24.0 Å². The van der Waals surface area contributed by atoms with Gasteiger partial charge in [0, 0.05) is 0 Å². The minimum Gasteiger partial charge on any atom is -0.166 e. The van der Waals surface area contributed by atoms with Crippen LogP contribution in [0.1, 0.15) is 30.0 Å². The Morgan fingerprint density at radius 2 is 1.93 bits per heavy atom. The fraction of sp³-hybridized carbons (Fsp3) is 0.364. The van der Waals surface area contributed by atoms with Crippen LogP contribution in [0, 0.1) is 6.92 Å². The lowest BCUT2D eigenvalue weighted by Crippen LogP contribution is -2.09. The van der Waals surface area contributed by atoms with Gasteiger partial charge in [-0.05, 0) is 30.5 Å². The number of hydrogen-bond acceptors (Lipinski definition) is 0. The second-order valence-electron chi connectivity index (χ2n) is 3.24. The molecule has 0 heterocycles. The van der Waals surface area contributed by atoms with Crippen LogP contribution < -0.4 is 0 Å². The summed E-state index contributed by atoms with van der Waals surface area (Å²) in [5.41, 5.74) is 0.205. The molecule has 0 bridgehead atoms. The fourth-order valence-electron chi connectivity index (χ4n) is 1.37. The van der Waals surface area contributed by atoms with Gasteiger partial charge in [-0.15, -0.1) is 0 Å². The number of alkyl halides is 3. The van der Waals surface area contributed by atoms with E-state index >= 15 is 0 Å². The van der Waals surface area contributed by atoms with Crippen molar-refractivity contribution in [3.63, 3.8) is 0 Å². The van der Waals surface area contributed by atoms with E-state index in [1.807, 2.05) is 6.92 Å². The molecule has 0 fully saturated rings. The molecule has 0 spiro atoms. The molecule has 0 saturated heterocycles. The van der Waals surface area contributed by atoms with Crippen molar-refractivity contribution in [3.05, 3.63) is 41.8 Å². The zero-order valence-electron chi connectivity index (χ0n) is 7.99. The van der Waals surface area contributed by atoms with Crippen molar-refractivity contribution in [2.24, 2.45) is 0 Å². The minimum absolute atomic E-state index is 0.354. The van der Waals surface area contributed by atoms with E-state index in [-0.39, 0.29) is 0 Å². The van der Waals surface area contributed by atoms with Crippen LogP contribution in [0.5, 0.6) is 0 Å². The lowest BCUT2D eigenvalue weighted by atomic mass is 10.0. The molecule has 1 aromatic rings. The largest absolute Gasteiger partial charge is 0.416 e. The van der Waals surface area contributed by atoms with Gasteiger partial charge in [-0.2, -0.15) is 13.2 Å². The number of benzene rings is 1. The van der Waals surface area contributed by atoms with Crippen molar-refractivity contribution < 1.29 is 13.2 Å². The van der Waals surface area contributed by atoms with E-state index in [1.54, 1.807) is 6.07 Å². The van der Waals surface area contributed by atoms with Crippen LogP contribution in [0.15, 0.2) is 18.2 Å². The molecule has 0 saturated carbocycles. The molecule has 1 aromatic carbocycles. The van der Waals surface area contributed by atoms with Gasteiger partial charge < -0.3 is 0 Å². The molecule has 0 unspecified atom stereocenters. The molecule has 1 rings (SSSR count). The van der Waals surface area contributed by atoms with Gasteiger partial charge in [0.25, 0.3) is 0 Å². The highest BCUT2D eigenvalue weighted by Gasteiger charge is 2.32. The minimum atomic E-state index is -4.27. The van der Waals surface area contributed by atoms with E-state index < -0.39 is 11.7 Å². The van der Waals surface area contributed by atoms with Gasteiger partial charge >= 0.3 is 6.18 Å². The second-order valence-corrected chi connectivity index (χ2v) is 3.24. The first-order chi connectivity index (χ1) is 6.45. The number of hydrogen-bond donors (Lipinski definition) is 0. The lowest BCUT2D eigenvalue weighted by Gasteiger charge is -2.12. The summed E-state index contributed by atoms with van der Waals surface area (Å²) in [5.74, 6) is 0. The summed E-state index contributed by atoms with van der Waals surface area (Å²) in [6.07, 6.45) is -3.10. The van der Waals surface area contributed by atoms with Crippen LogP contribution in [0.3, 0.4) is 0 Å². The summed E-state index contributed by atoms with van der Waals surface area (Å²) in [5, 5.41) is 0. The molecule has 77 valence electrons. The summed E-state index contributed by atoms with van der Waals surface area (Å²) < 4.78 is 37.6. The molecule has 0 aliphatic carbocycles. The van der Waals surface area contributed by atoms with Crippen molar-refractivity contribution in [2.45, 2.75) is 25.9 Å². The Hall–Kier alpha value is -0.990. The molecule has 0 aliphatic heterocycles. The zero-order valence-corrected chi connectivity index (χ0v) is 7.99. The predicted octanol–water partition coefficient (Wildman–Crippen LogP) is 3.84. The van der Waals surface area contributed by atoms with Crippen LogP contribution in [0.25, 0.3) is 0 Å². The van der Waals surface area contributed by atoms with Gasteiger partial charge in [-0.25, -0.2) is 0 Å². The molecular formula is C11H12F3. The van der Waals surface area contributed by atoms with Gasteiger partial charge in [0.15, 0.2) is 0 Å². The average Bonchev–Trinajstić information content (AvgIpc) is 2.07. The van der Waals surface area contributed by atoms with Gasteiger partial charge in [0.2, 0.25) is 0 Å². The Balaban J connectivity index is 3.16. The van der Waals surface area contributed by atoms with Crippen LogP contribution in [0.2, 0.25) is 0 Å². The van der Waals surface area contributed by atoms with E-state index in [0.717, 1.165) is 6.07 Å². The maximum Gasteiger partial charge on any atom is 0.416 e. The van der Waals surface area contributed by atoms with Crippen LogP contribution in [0.4, 0.5) is 13.2 Å². The van der Waals surface area contributed by atoms with Crippen molar-refractivity contribution in [1.82, 2.24) is 0 Å². The molecule has 0 amide bonds. The highest BCUT2D eigenvalue weighted by Crippen LogP contribution is 2.33. The first kappa shape index (κ1) is 11.1. The Morgan fingerprint density at radius 3 is 2.43 bits per heavy atom. The molecule has 14 heavy (non-hydrogen) atoms. The standard InChI is InChI=1S/C11H12F3/c1-3-4-9-6-5-8(2)7-10(9)11(12,13)14/h5-7H,2-4H2,1H3. The number of rotatable bonds is 2. The van der Waals surface area contributed by atoms with Crippen molar-refractivity contribution in [2.75, 3.05) is 0 Å². The second kappa shape index (κ2) is 4.03. The Kier molecular flexibility index (Phi) is 3.19. The van der Waals surface area contributed by atoms with Crippen LogP contribution in [-0.2, 0) is 12.6 Å². The van der Waals surface area contributed by atoms with Gasteiger partial charge in [0.05, 0.1) is 5.56 Å². The first-order valence-electron chi connectivity index (χ1n) is 4.47. The van der Waals surface area contributed by atoms with Crippen molar-refractivity contribution in [1.29, 1.82) is 0 Å². The Bertz CT molecular complexity index is 313. The smallest absolute Gasteiger partial charge is 0.166 e. The monoisotopic (exact) mass is 201 g/mol. The third-order valence-electron chi connectivity index (χ3n) is 2.00. The highest BCUT2D eigenvalue weighted by molar-refractivity contribution is 5.35. The molecule has 1 radical (unpaired) electrons. The molecule has 0 nitrogen and oxygen atoms in total. The molecule has 0 aliphatic rings. The summed E-state index contributed by atoms with van der Waals surface area (Å²) in [6.45, 7) is 5.36. The quantitative estimate of drug-likeness (QED) is 0.682. The maximum atomic E-state index is 12.5. The number of aryl methyl sites for hydroxylation is 1. The molecule has 0 atom stereocenters. The SMILES string of the molecule is [CH2]c1ccc(CCC)c(C(F)(F)F)c1. The van der Waals surface area contributed by atoms with E-state index in [9.17, 15) is 13.2 Å². The van der Waals surface area contributed by atoms with E-state index in [1.165, 1.54) is 6.07 Å². The lowest BCUT2D eigenvalue weighted by molar-refractivity contribution is -0.138. The van der Waals surface area contributed by atoms with Crippen molar-refractivity contribution >= 4 is 0 Å². The third kappa shape index (κ3) is 2.50. The van der Waals surface area contributed by atoms with Gasteiger partial charge in [-0.1, -0.05) is 25.5 Å². The van der Waals surface area contributed by atoms with Crippen molar-refractivity contribution in [3.8, 4) is 0 Å². The van der Waals surface area contributed by atoms with Crippen LogP contribution >= 0.6 is 0 Å². The molecule has 0 aromatic heterocycles.